The minimum atomic E-state index is 1.09. The molecule has 0 saturated heterocycles. The highest BCUT2D eigenvalue weighted by atomic mass is 32.1. The van der Waals surface area contributed by atoms with E-state index >= 15 is 0 Å². The van der Waals surface area contributed by atoms with Gasteiger partial charge in [0.15, 0.2) is 0 Å². The lowest BCUT2D eigenvalue weighted by Crippen LogP contribution is -2.11. The molecule has 0 unspecified atom stereocenters. The van der Waals surface area contributed by atoms with Crippen molar-refractivity contribution in [3.05, 3.63) is 237 Å². The lowest BCUT2D eigenvalue weighted by Gasteiger charge is -2.29. The molecule has 0 spiro atoms. The van der Waals surface area contributed by atoms with Gasteiger partial charge in [0.2, 0.25) is 0 Å². The van der Waals surface area contributed by atoms with Crippen LogP contribution < -0.4 is 4.90 Å². The Labute approximate surface area is 354 Å². The molecule has 282 valence electrons. The van der Waals surface area contributed by atoms with Gasteiger partial charge in [-0.15, -0.1) is 11.3 Å². The van der Waals surface area contributed by atoms with Crippen molar-refractivity contribution in [1.82, 2.24) is 0 Å². The number of rotatable bonds is 8. The second-order valence-corrected chi connectivity index (χ2v) is 16.3. The first-order valence-corrected chi connectivity index (χ1v) is 21.3. The zero-order chi connectivity index (χ0) is 39.8. The molecule has 0 amide bonds. The van der Waals surface area contributed by atoms with Gasteiger partial charge in [0.25, 0.3) is 0 Å². The molecule has 1 heterocycles. The monoisotopic (exact) mass is 781 g/mol. The van der Waals surface area contributed by atoms with E-state index in [-0.39, 0.29) is 0 Å². The van der Waals surface area contributed by atoms with Crippen LogP contribution in [0.3, 0.4) is 0 Å². The van der Waals surface area contributed by atoms with E-state index in [0.29, 0.717) is 0 Å². The normalized spacial score (nSPS) is 11.3. The molecule has 0 fully saturated rings. The van der Waals surface area contributed by atoms with Gasteiger partial charge < -0.3 is 4.90 Å². The number of thiophene rings is 1. The predicted octanol–water partition coefficient (Wildman–Crippen LogP) is 17.0. The Kier molecular flexibility index (Phi) is 9.11. The van der Waals surface area contributed by atoms with Gasteiger partial charge in [-0.3, -0.25) is 0 Å². The zero-order valence-electron chi connectivity index (χ0n) is 32.9. The highest BCUT2D eigenvalue weighted by Gasteiger charge is 2.21. The summed E-state index contributed by atoms with van der Waals surface area (Å²) < 4.78 is 2.62. The molecule has 0 aliphatic carbocycles. The fraction of sp³-hybridized carbons (Fsp3) is 0. The van der Waals surface area contributed by atoms with E-state index in [4.69, 9.17) is 0 Å². The van der Waals surface area contributed by atoms with E-state index in [9.17, 15) is 0 Å². The molecule has 10 aromatic carbocycles. The number of nitrogens with zero attached hydrogens (tertiary/aromatic N) is 1. The maximum Gasteiger partial charge on any atom is 0.0540 e. The Morgan fingerprint density at radius 2 is 0.800 bits per heavy atom. The maximum absolute atomic E-state index is 2.45. The third-order valence-corrected chi connectivity index (χ3v) is 12.9. The third-order valence-electron chi connectivity index (χ3n) is 11.7. The topological polar surface area (TPSA) is 3.24 Å². The number of benzene rings is 10. The van der Waals surface area contributed by atoms with Crippen molar-refractivity contribution < 1.29 is 0 Å². The van der Waals surface area contributed by atoms with Crippen LogP contribution in [-0.4, -0.2) is 0 Å². The third kappa shape index (κ3) is 6.44. The van der Waals surface area contributed by atoms with Crippen molar-refractivity contribution in [1.29, 1.82) is 0 Å². The molecule has 0 aliphatic rings. The van der Waals surface area contributed by atoms with E-state index in [2.05, 4.69) is 241 Å². The minimum Gasteiger partial charge on any atom is -0.310 e. The van der Waals surface area contributed by atoms with Gasteiger partial charge in [-0.2, -0.15) is 0 Å². The van der Waals surface area contributed by atoms with E-state index in [1.54, 1.807) is 0 Å². The standard InChI is InChI=1S/C58H39NS/c1-2-18-41(19-3-1)48-25-6-7-26-50(48)51-27-8-9-28-52(51)53-29-10-12-33-56(53)59(46-23-14-21-43(38-46)44-36-35-40-17-4-5-20-42(40)37-44)47-24-15-22-45(39-47)49-31-16-32-55-54-30-11-13-34-57(54)60-58(49)55/h1-39H. The molecular weight excluding hydrogens is 743 g/mol. The summed E-state index contributed by atoms with van der Waals surface area (Å²) in [7, 11) is 0. The Balaban J connectivity index is 1.12. The molecule has 11 aromatic rings. The second kappa shape index (κ2) is 15.3. The lowest BCUT2D eigenvalue weighted by molar-refractivity contribution is 1.28. The number of hydrogen-bond donors (Lipinski definition) is 0. The highest BCUT2D eigenvalue weighted by Crippen LogP contribution is 2.47. The number of hydrogen-bond acceptors (Lipinski definition) is 2. The Morgan fingerprint density at radius 3 is 1.60 bits per heavy atom. The minimum absolute atomic E-state index is 1.09. The van der Waals surface area contributed by atoms with E-state index in [1.807, 2.05) is 11.3 Å². The zero-order valence-corrected chi connectivity index (χ0v) is 33.7. The largest absolute Gasteiger partial charge is 0.310 e. The molecule has 11 rings (SSSR count). The SMILES string of the molecule is c1ccc(-c2ccccc2-c2ccccc2-c2ccccc2N(c2cccc(-c3ccc4ccccc4c3)c2)c2cccc(-c3cccc4c3sc3ccccc34)c2)cc1. The second-order valence-electron chi connectivity index (χ2n) is 15.3. The van der Waals surface area contributed by atoms with Crippen LogP contribution in [-0.2, 0) is 0 Å². The summed E-state index contributed by atoms with van der Waals surface area (Å²) in [5.41, 5.74) is 15.2. The summed E-state index contributed by atoms with van der Waals surface area (Å²) in [5.74, 6) is 0. The molecule has 1 nitrogen and oxygen atoms in total. The summed E-state index contributed by atoms with van der Waals surface area (Å²) in [6, 6.07) is 86.2. The van der Waals surface area contributed by atoms with E-state index in [0.717, 1.165) is 22.6 Å². The smallest absolute Gasteiger partial charge is 0.0540 e. The van der Waals surface area contributed by atoms with Crippen LogP contribution in [0.4, 0.5) is 17.1 Å². The average molecular weight is 782 g/mol. The van der Waals surface area contributed by atoms with Crippen LogP contribution in [0.1, 0.15) is 0 Å². The Morgan fingerprint density at radius 1 is 0.283 bits per heavy atom. The van der Waals surface area contributed by atoms with Crippen molar-refractivity contribution >= 4 is 59.3 Å². The van der Waals surface area contributed by atoms with Crippen LogP contribution in [0, 0.1) is 0 Å². The van der Waals surface area contributed by atoms with E-state index < -0.39 is 0 Å². The molecule has 0 radical (unpaired) electrons. The molecule has 0 atom stereocenters. The van der Waals surface area contributed by atoms with Crippen LogP contribution in [0.5, 0.6) is 0 Å². The van der Waals surface area contributed by atoms with Crippen molar-refractivity contribution in [3.8, 4) is 55.6 Å². The molecule has 0 aliphatic heterocycles. The summed E-state index contributed by atoms with van der Waals surface area (Å²) in [5, 5.41) is 5.09. The molecular formula is C58H39NS. The fourth-order valence-electron chi connectivity index (χ4n) is 8.84. The van der Waals surface area contributed by atoms with Crippen molar-refractivity contribution in [2.75, 3.05) is 4.90 Å². The van der Waals surface area contributed by atoms with Gasteiger partial charge in [-0.1, -0.05) is 194 Å². The molecule has 2 heteroatoms. The van der Waals surface area contributed by atoms with Gasteiger partial charge in [-0.25, -0.2) is 0 Å². The molecule has 1 aromatic heterocycles. The molecule has 60 heavy (non-hydrogen) atoms. The summed E-state index contributed by atoms with van der Waals surface area (Å²) in [4.78, 5) is 2.45. The number of fused-ring (bicyclic) bond motifs is 4. The Hall–Kier alpha value is -7.52. The van der Waals surface area contributed by atoms with Crippen LogP contribution in [0.2, 0.25) is 0 Å². The lowest BCUT2D eigenvalue weighted by atomic mass is 9.88. The highest BCUT2D eigenvalue weighted by molar-refractivity contribution is 7.26. The van der Waals surface area contributed by atoms with Crippen molar-refractivity contribution in [3.63, 3.8) is 0 Å². The van der Waals surface area contributed by atoms with Crippen molar-refractivity contribution in [2.45, 2.75) is 0 Å². The molecule has 0 bridgehead atoms. The van der Waals surface area contributed by atoms with Gasteiger partial charge in [0.1, 0.15) is 0 Å². The first kappa shape index (κ1) is 35.6. The maximum atomic E-state index is 2.45. The Bertz CT molecular complexity index is 3340. The predicted molar refractivity (Wildman–Crippen MR) is 259 cm³/mol. The average Bonchev–Trinajstić information content (AvgIpc) is 3.71. The van der Waals surface area contributed by atoms with Crippen LogP contribution >= 0.6 is 11.3 Å². The number of anilines is 3. The molecule has 0 saturated carbocycles. The van der Waals surface area contributed by atoms with Gasteiger partial charge in [0.05, 0.1) is 5.69 Å². The van der Waals surface area contributed by atoms with E-state index in [1.165, 1.54) is 81.0 Å². The quantitative estimate of drug-likeness (QED) is 0.148. The summed E-state index contributed by atoms with van der Waals surface area (Å²) >= 11 is 1.88. The van der Waals surface area contributed by atoms with Gasteiger partial charge in [-0.05, 0) is 103 Å². The summed E-state index contributed by atoms with van der Waals surface area (Å²) in [6.45, 7) is 0. The first-order valence-electron chi connectivity index (χ1n) is 20.5. The first-order chi connectivity index (χ1) is 29.8. The van der Waals surface area contributed by atoms with Gasteiger partial charge in [0, 0.05) is 37.1 Å². The molecule has 0 N–H and O–H groups in total. The fourth-order valence-corrected chi connectivity index (χ4v) is 10.1. The van der Waals surface area contributed by atoms with Crippen LogP contribution in [0.25, 0.3) is 86.6 Å². The van der Waals surface area contributed by atoms with Crippen molar-refractivity contribution in [2.24, 2.45) is 0 Å². The van der Waals surface area contributed by atoms with Gasteiger partial charge >= 0.3 is 0 Å². The summed E-state index contributed by atoms with van der Waals surface area (Å²) in [6.07, 6.45) is 0. The number of para-hydroxylation sites is 1. The van der Waals surface area contributed by atoms with Crippen LogP contribution in [0.15, 0.2) is 237 Å².